The molecule has 0 spiro atoms. The van der Waals surface area contributed by atoms with E-state index in [1.165, 1.54) is 5.56 Å². The Labute approximate surface area is 154 Å². The van der Waals surface area contributed by atoms with E-state index in [-0.39, 0.29) is 6.10 Å². The zero-order valence-corrected chi connectivity index (χ0v) is 15.3. The number of fused-ring (bicyclic) bond motifs is 1. The number of nitrogens with one attached hydrogen (secondary N) is 1. The first-order valence-corrected chi connectivity index (χ1v) is 9.36. The molecule has 0 saturated carbocycles. The molecule has 1 fully saturated rings. The summed E-state index contributed by atoms with van der Waals surface area (Å²) in [4.78, 5) is 12.2. The molecular weight excluding hydrogens is 328 g/mol. The fourth-order valence-electron chi connectivity index (χ4n) is 3.65. The standard InChI is InChI=1S/C20H26N4O2/c1-25-11-8-16-14-24(10-12-26-16)20-17-7-9-21-13-18(17)22-19(23-20)15-5-3-2-4-6-15/h2-6,16,21H,7-14H2,1H3. The SMILES string of the molecule is COCCC1CN(c2nc(-c3ccccc3)nc3c2CCNC3)CCO1. The first-order valence-electron chi connectivity index (χ1n) is 9.36. The Bertz CT molecular complexity index is 738. The smallest absolute Gasteiger partial charge is 0.161 e. The number of morpholine rings is 1. The van der Waals surface area contributed by atoms with Gasteiger partial charge >= 0.3 is 0 Å². The molecule has 1 atom stereocenters. The molecule has 0 bridgehead atoms. The lowest BCUT2D eigenvalue weighted by atomic mass is 10.0. The number of hydrogen-bond acceptors (Lipinski definition) is 6. The second kappa shape index (κ2) is 8.12. The van der Waals surface area contributed by atoms with Crippen LogP contribution in [0.2, 0.25) is 0 Å². The van der Waals surface area contributed by atoms with Gasteiger partial charge in [-0.2, -0.15) is 0 Å². The Balaban J connectivity index is 1.67. The second-order valence-corrected chi connectivity index (χ2v) is 6.81. The summed E-state index contributed by atoms with van der Waals surface area (Å²) in [5.74, 6) is 1.89. The molecule has 1 aromatic heterocycles. The van der Waals surface area contributed by atoms with Crippen molar-refractivity contribution in [2.75, 3.05) is 44.9 Å². The quantitative estimate of drug-likeness (QED) is 0.887. The summed E-state index contributed by atoms with van der Waals surface area (Å²) >= 11 is 0. The maximum absolute atomic E-state index is 5.91. The Morgan fingerprint density at radius 2 is 2.15 bits per heavy atom. The fourth-order valence-corrected chi connectivity index (χ4v) is 3.65. The van der Waals surface area contributed by atoms with Crippen LogP contribution in [0, 0.1) is 0 Å². The zero-order chi connectivity index (χ0) is 17.8. The van der Waals surface area contributed by atoms with Crippen LogP contribution < -0.4 is 10.2 Å². The molecule has 1 saturated heterocycles. The predicted octanol–water partition coefficient (Wildman–Crippen LogP) is 2.03. The van der Waals surface area contributed by atoms with Gasteiger partial charge in [0.15, 0.2) is 5.82 Å². The first kappa shape index (κ1) is 17.4. The van der Waals surface area contributed by atoms with E-state index < -0.39 is 0 Å². The summed E-state index contributed by atoms with van der Waals surface area (Å²) in [6.45, 7) is 4.96. The van der Waals surface area contributed by atoms with Gasteiger partial charge in [-0.3, -0.25) is 0 Å². The van der Waals surface area contributed by atoms with Crippen LogP contribution in [0.15, 0.2) is 30.3 Å². The molecule has 26 heavy (non-hydrogen) atoms. The summed E-state index contributed by atoms with van der Waals surface area (Å²) in [5.41, 5.74) is 3.47. The molecule has 6 heteroatoms. The molecule has 2 aromatic rings. The molecule has 138 valence electrons. The third-order valence-electron chi connectivity index (χ3n) is 5.03. The Morgan fingerprint density at radius 1 is 1.27 bits per heavy atom. The normalized spacial score (nSPS) is 20.0. The van der Waals surface area contributed by atoms with Crippen LogP contribution in [0.1, 0.15) is 17.7 Å². The van der Waals surface area contributed by atoms with Crippen molar-refractivity contribution in [1.29, 1.82) is 0 Å². The van der Waals surface area contributed by atoms with E-state index in [0.717, 1.165) is 75.1 Å². The highest BCUT2D eigenvalue weighted by Gasteiger charge is 2.26. The minimum absolute atomic E-state index is 0.191. The number of benzene rings is 1. The number of nitrogens with zero attached hydrogens (tertiary/aromatic N) is 3. The predicted molar refractivity (Wildman–Crippen MR) is 101 cm³/mol. The highest BCUT2D eigenvalue weighted by molar-refractivity contribution is 5.61. The van der Waals surface area contributed by atoms with Crippen molar-refractivity contribution >= 4 is 5.82 Å². The van der Waals surface area contributed by atoms with Gasteiger partial charge in [0.2, 0.25) is 0 Å². The average Bonchev–Trinajstić information content (AvgIpc) is 2.72. The van der Waals surface area contributed by atoms with Crippen LogP contribution >= 0.6 is 0 Å². The number of aromatic nitrogens is 2. The van der Waals surface area contributed by atoms with Gasteiger partial charge in [0.25, 0.3) is 0 Å². The highest BCUT2D eigenvalue weighted by Crippen LogP contribution is 2.29. The molecule has 2 aliphatic heterocycles. The van der Waals surface area contributed by atoms with E-state index in [1.807, 2.05) is 18.2 Å². The fraction of sp³-hybridized carbons (Fsp3) is 0.500. The zero-order valence-electron chi connectivity index (χ0n) is 15.3. The van der Waals surface area contributed by atoms with Crippen LogP contribution in [0.3, 0.4) is 0 Å². The van der Waals surface area contributed by atoms with E-state index in [9.17, 15) is 0 Å². The molecule has 2 aliphatic rings. The van der Waals surface area contributed by atoms with Crippen molar-refractivity contribution in [2.24, 2.45) is 0 Å². The number of rotatable bonds is 5. The van der Waals surface area contributed by atoms with Crippen molar-refractivity contribution < 1.29 is 9.47 Å². The van der Waals surface area contributed by atoms with Gasteiger partial charge in [-0.1, -0.05) is 30.3 Å². The van der Waals surface area contributed by atoms with Gasteiger partial charge in [0, 0.05) is 44.5 Å². The molecule has 4 rings (SSSR count). The van der Waals surface area contributed by atoms with Gasteiger partial charge in [-0.05, 0) is 19.4 Å². The summed E-state index contributed by atoms with van der Waals surface area (Å²) in [6.07, 6.45) is 2.07. The number of ether oxygens (including phenoxy) is 2. The van der Waals surface area contributed by atoms with Crippen LogP contribution in [0.25, 0.3) is 11.4 Å². The maximum atomic E-state index is 5.91. The van der Waals surface area contributed by atoms with Crippen LogP contribution in [0.4, 0.5) is 5.82 Å². The Hall–Kier alpha value is -2.02. The molecule has 3 heterocycles. The number of methoxy groups -OCH3 is 1. The molecular formula is C20H26N4O2. The molecule has 0 aliphatic carbocycles. The maximum Gasteiger partial charge on any atom is 0.161 e. The van der Waals surface area contributed by atoms with Gasteiger partial charge in [-0.15, -0.1) is 0 Å². The lowest BCUT2D eigenvalue weighted by Gasteiger charge is -2.36. The van der Waals surface area contributed by atoms with Crippen molar-refractivity contribution in [2.45, 2.75) is 25.5 Å². The number of anilines is 1. The van der Waals surface area contributed by atoms with Crippen LogP contribution in [-0.2, 0) is 22.4 Å². The monoisotopic (exact) mass is 354 g/mol. The summed E-state index contributed by atoms with van der Waals surface area (Å²) in [6, 6.07) is 10.2. The molecule has 1 unspecified atom stereocenters. The largest absolute Gasteiger partial charge is 0.385 e. The van der Waals surface area contributed by atoms with Gasteiger partial charge in [0.1, 0.15) is 5.82 Å². The average molecular weight is 354 g/mol. The van der Waals surface area contributed by atoms with Crippen molar-refractivity contribution in [1.82, 2.24) is 15.3 Å². The lowest BCUT2D eigenvalue weighted by molar-refractivity contribution is 0.0188. The van der Waals surface area contributed by atoms with Gasteiger partial charge in [0.05, 0.1) is 18.4 Å². The second-order valence-electron chi connectivity index (χ2n) is 6.81. The van der Waals surface area contributed by atoms with E-state index >= 15 is 0 Å². The van der Waals surface area contributed by atoms with E-state index in [0.29, 0.717) is 0 Å². The van der Waals surface area contributed by atoms with Crippen molar-refractivity contribution in [3.8, 4) is 11.4 Å². The topological polar surface area (TPSA) is 59.5 Å². The highest BCUT2D eigenvalue weighted by atomic mass is 16.5. The molecule has 0 amide bonds. The van der Waals surface area contributed by atoms with Crippen molar-refractivity contribution in [3.05, 3.63) is 41.6 Å². The minimum atomic E-state index is 0.191. The minimum Gasteiger partial charge on any atom is -0.385 e. The van der Waals surface area contributed by atoms with Crippen LogP contribution in [-0.4, -0.2) is 56.0 Å². The third kappa shape index (κ3) is 3.72. The lowest BCUT2D eigenvalue weighted by Crippen LogP contribution is -2.44. The molecule has 6 nitrogen and oxygen atoms in total. The van der Waals surface area contributed by atoms with Crippen LogP contribution in [0.5, 0.6) is 0 Å². The summed E-state index contributed by atoms with van der Waals surface area (Å²) in [5, 5.41) is 3.44. The summed E-state index contributed by atoms with van der Waals surface area (Å²) in [7, 11) is 1.74. The van der Waals surface area contributed by atoms with E-state index in [2.05, 4.69) is 22.3 Å². The first-order chi connectivity index (χ1) is 12.8. The van der Waals surface area contributed by atoms with E-state index in [1.54, 1.807) is 7.11 Å². The summed E-state index contributed by atoms with van der Waals surface area (Å²) < 4.78 is 11.1. The Kier molecular flexibility index (Phi) is 5.43. The van der Waals surface area contributed by atoms with E-state index in [4.69, 9.17) is 19.4 Å². The Morgan fingerprint density at radius 3 is 3.00 bits per heavy atom. The number of hydrogen-bond donors (Lipinski definition) is 1. The van der Waals surface area contributed by atoms with Gasteiger partial charge in [-0.25, -0.2) is 9.97 Å². The molecule has 1 N–H and O–H groups in total. The third-order valence-corrected chi connectivity index (χ3v) is 5.03. The molecule has 1 aromatic carbocycles. The molecule has 0 radical (unpaired) electrons. The van der Waals surface area contributed by atoms with Crippen molar-refractivity contribution in [3.63, 3.8) is 0 Å². The van der Waals surface area contributed by atoms with Gasteiger partial charge < -0.3 is 19.7 Å².